The van der Waals surface area contributed by atoms with Crippen LogP contribution in [0.2, 0.25) is 0 Å². The second-order valence-corrected chi connectivity index (χ2v) is 12.6. The fourth-order valence-electron chi connectivity index (χ4n) is 4.32. The van der Waals surface area contributed by atoms with Gasteiger partial charge in [-0.15, -0.1) is 0 Å². The molecule has 5 N–H and O–H groups in total. The molecule has 236 valence electrons. The number of amides is 4. The van der Waals surface area contributed by atoms with Crippen LogP contribution in [-0.2, 0) is 32.1 Å². The second kappa shape index (κ2) is 16.5. The van der Waals surface area contributed by atoms with E-state index < -0.39 is 47.5 Å². The third-order valence-corrected chi connectivity index (χ3v) is 6.33. The first-order valence-corrected chi connectivity index (χ1v) is 14.8. The molecule has 43 heavy (non-hydrogen) atoms. The van der Waals surface area contributed by atoms with Gasteiger partial charge in [-0.25, -0.2) is 4.79 Å². The van der Waals surface area contributed by atoms with Gasteiger partial charge in [0.05, 0.1) is 0 Å². The largest absolute Gasteiger partial charge is 0.489 e. The Morgan fingerprint density at radius 2 is 1.26 bits per heavy atom. The van der Waals surface area contributed by atoms with Gasteiger partial charge < -0.3 is 31.2 Å². The van der Waals surface area contributed by atoms with Crippen LogP contribution < -0.4 is 26.4 Å². The van der Waals surface area contributed by atoms with Crippen molar-refractivity contribution >= 4 is 23.8 Å². The zero-order valence-electron chi connectivity index (χ0n) is 26.4. The van der Waals surface area contributed by atoms with E-state index in [0.29, 0.717) is 25.2 Å². The van der Waals surface area contributed by atoms with E-state index in [1.807, 2.05) is 70.2 Å². The number of carbonyl (C=O) groups excluding carboxylic acids is 4. The number of benzene rings is 2. The summed E-state index contributed by atoms with van der Waals surface area (Å²) in [5.41, 5.74) is 6.55. The predicted molar refractivity (Wildman–Crippen MR) is 166 cm³/mol. The van der Waals surface area contributed by atoms with Crippen LogP contribution in [0.4, 0.5) is 4.79 Å². The Hall–Kier alpha value is -4.08. The van der Waals surface area contributed by atoms with E-state index in [9.17, 15) is 19.2 Å². The summed E-state index contributed by atoms with van der Waals surface area (Å²) in [6, 6.07) is 14.2. The van der Waals surface area contributed by atoms with Crippen LogP contribution in [0, 0.1) is 11.8 Å². The van der Waals surface area contributed by atoms with Crippen molar-refractivity contribution in [1.82, 2.24) is 16.0 Å². The highest BCUT2D eigenvalue weighted by Gasteiger charge is 2.31. The first kappa shape index (κ1) is 35.1. The van der Waals surface area contributed by atoms with Gasteiger partial charge in [0.2, 0.25) is 17.7 Å². The molecule has 0 aliphatic carbocycles. The zero-order chi connectivity index (χ0) is 32.2. The molecule has 0 bridgehead atoms. The van der Waals surface area contributed by atoms with Crippen molar-refractivity contribution in [3.8, 4) is 5.75 Å². The summed E-state index contributed by atoms with van der Waals surface area (Å²) in [5.74, 6) is -0.884. The summed E-state index contributed by atoms with van der Waals surface area (Å²) in [7, 11) is 0. The molecule has 10 heteroatoms. The lowest BCUT2D eigenvalue weighted by molar-refractivity contribution is -0.132. The van der Waals surface area contributed by atoms with E-state index in [2.05, 4.69) is 16.0 Å². The normalized spacial score (nSPS) is 13.5. The lowest BCUT2D eigenvalue weighted by atomic mass is 9.99. The Balaban J connectivity index is 2.20. The van der Waals surface area contributed by atoms with Gasteiger partial charge in [-0.05, 0) is 68.7 Å². The lowest BCUT2D eigenvalue weighted by Gasteiger charge is -2.27. The van der Waals surface area contributed by atoms with Crippen LogP contribution in [0.5, 0.6) is 5.75 Å². The van der Waals surface area contributed by atoms with Gasteiger partial charge in [0.1, 0.15) is 36.1 Å². The molecule has 0 spiro atoms. The molecule has 0 fully saturated rings. The number of nitrogens with one attached hydrogen (secondary N) is 3. The number of alkyl carbamates (subject to hydrolysis) is 1. The minimum atomic E-state index is -1.05. The van der Waals surface area contributed by atoms with Crippen LogP contribution in [0.25, 0.3) is 0 Å². The molecule has 2 rings (SSSR count). The van der Waals surface area contributed by atoms with Gasteiger partial charge >= 0.3 is 6.09 Å². The Labute approximate surface area is 255 Å². The van der Waals surface area contributed by atoms with Crippen LogP contribution in [-0.4, -0.2) is 47.5 Å². The molecule has 2 aromatic carbocycles. The van der Waals surface area contributed by atoms with E-state index in [0.717, 1.165) is 11.1 Å². The molecular formula is C33H48N4O6. The number of primary amides is 1. The molecule has 0 heterocycles. The average molecular weight is 597 g/mol. The zero-order valence-corrected chi connectivity index (χ0v) is 26.4. The number of ether oxygens (including phenoxy) is 2. The predicted octanol–water partition coefficient (Wildman–Crippen LogP) is 4.25. The SMILES string of the molecule is CC(C)C[C@@H](NC(=O)[C@@H](CC(C)C)NC(=O)[C@@H](Cc1ccc(OCc2ccccc2)cc1)NC(=O)OC(C)(C)C)C(N)=O. The average Bonchev–Trinajstić information content (AvgIpc) is 2.90. The van der Waals surface area contributed by atoms with Gasteiger partial charge in [0, 0.05) is 6.42 Å². The molecule has 0 saturated carbocycles. The quantitative estimate of drug-likeness (QED) is 0.242. The summed E-state index contributed by atoms with van der Waals surface area (Å²) in [5, 5.41) is 8.14. The summed E-state index contributed by atoms with van der Waals surface area (Å²) < 4.78 is 11.3. The molecule has 0 aromatic heterocycles. The van der Waals surface area contributed by atoms with Gasteiger partial charge in [-0.3, -0.25) is 14.4 Å². The smallest absolute Gasteiger partial charge is 0.408 e. The Kier molecular flexibility index (Phi) is 13.5. The first-order chi connectivity index (χ1) is 20.1. The van der Waals surface area contributed by atoms with Crippen molar-refractivity contribution in [2.45, 2.75) is 98.1 Å². The number of rotatable bonds is 15. The standard InChI is InChI=1S/C33H48N4O6/c1-21(2)17-26(29(34)38)35-30(39)27(18-22(3)4)36-31(40)28(37-32(41)43-33(5,6)7)19-23-13-15-25(16-14-23)42-20-24-11-9-8-10-12-24/h8-16,21-22,26-28H,17-20H2,1-7H3,(H2,34,38)(H,35,39)(H,36,40)(H,37,41)/t26-,27-,28-/m1/s1. The van der Waals surface area contributed by atoms with Gasteiger partial charge in [0.15, 0.2) is 0 Å². The van der Waals surface area contributed by atoms with Crippen molar-refractivity contribution in [3.63, 3.8) is 0 Å². The van der Waals surface area contributed by atoms with E-state index in [-0.39, 0.29) is 18.3 Å². The van der Waals surface area contributed by atoms with Crippen molar-refractivity contribution in [3.05, 3.63) is 65.7 Å². The van der Waals surface area contributed by atoms with E-state index in [1.54, 1.807) is 32.9 Å². The molecule has 3 atom stereocenters. The summed E-state index contributed by atoms with van der Waals surface area (Å²) >= 11 is 0. The third kappa shape index (κ3) is 13.6. The summed E-state index contributed by atoms with van der Waals surface area (Å²) in [6.07, 6.45) is 0.0671. The van der Waals surface area contributed by atoms with Gasteiger partial charge in [-0.1, -0.05) is 70.2 Å². The fourth-order valence-corrected chi connectivity index (χ4v) is 4.32. The van der Waals surface area contributed by atoms with Crippen LogP contribution in [0.3, 0.4) is 0 Å². The van der Waals surface area contributed by atoms with Crippen molar-refractivity contribution in [2.24, 2.45) is 17.6 Å². The van der Waals surface area contributed by atoms with Crippen LogP contribution in [0.1, 0.15) is 72.4 Å². The molecule has 0 aliphatic heterocycles. The number of hydrogen-bond acceptors (Lipinski definition) is 6. The Morgan fingerprint density at radius 3 is 1.79 bits per heavy atom. The molecule has 2 aromatic rings. The molecule has 0 saturated heterocycles. The minimum absolute atomic E-state index is 0.0499. The summed E-state index contributed by atoms with van der Waals surface area (Å²) in [4.78, 5) is 51.5. The fraction of sp³-hybridized carbons (Fsp3) is 0.515. The maximum Gasteiger partial charge on any atom is 0.408 e. The van der Waals surface area contributed by atoms with E-state index >= 15 is 0 Å². The highest BCUT2D eigenvalue weighted by molar-refractivity contribution is 5.93. The molecule has 0 unspecified atom stereocenters. The van der Waals surface area contributed by atoms with Crippen LogP contribution >= 0.6 is 0 Å². The Bertz CT molecular complexity index is 1190. The molecular weight excluding hydrogens is 548 g/mol. The highest BCUT2D eigenvalue weighted by Crippen LogP contribution is 2.17. The molecule has 10 nitrogen and oxygen atoms in total. The highest BCUT2D eigenvalue weighted by atomic mass is 16.6. The monoisotopic (exact) mass is 596 g/mol. The van der Waals surface area contributed by atoms with Crippen molar-refractivity contribution in [1.29, 1.82) is 0 Å². The topological polar surface area (TPSA) is 149 Å². The molecule has 4 amide bonds. The maximum absolute atomic E-state index is 13.6. The number of nitrogens with two attached hydrogens (primary N) is 1. The number of carbonyl (C=O) groups is 4. The van der Waals surface area contributed by atoms with Crippen molar-refractivity contribution in [2.75, 3.05) is 0 Å². The summed E-state index contributed by atoms with van der Waals surface area (Å²) in [6.45, 7) is 13.3. The third-order valence-electron chi connectivity index (χ3n) is 6.33. The molecule has 0 aliphatic rings. The van der Waals surface area contributed by atoms with Crippen molar-refractivity contribution < 1.29 is 28.7 Å². The van der Waals surface area contributed by atoms with E-state index in [1.165, 1.54) is 0 Å². The van der Waals surface area contributed by atoms with Gasteiger partial charge in [-0.2, -0.15) is 0 Å². The van der Waals surface area contributed by atoms with E-state index in [4.69, 9.17) is 15.2 Å². The second-order valence-electron chi connectivity index (χ2n) is 12.6. The van der Waals surface area contributed by atoms with Crippen LogP contribution in [0.15, 0.2) is 54.6 Å². The Morgan fingerprint density at radius 1 is 0.721 bits per heavy atom. The van der Waals surface area contributed by atoms with Gasteiger partial charge in [0.25, 0.3) is 0 Å². The first-order valence-electron chi connectivity index (χ1n) is 14.8. The lowest BCUT2D eigenvalue weighted by Crippen LogP contribution is -2.57. The number of hydrogen-bond donors (Lipinski definition) is 4. The molecule has 0 radical (unpaired) electrons. The maximum atomic E-state index is 13.6. The minimum Gasteiger partial charge on any atom is -0.489 e.